The molecule has 2 aliphatic rings. The number of ether oxygens (including phenoxy) is 4. The Balaban J connectivity index is 1.41. The molecule has 6 nitrogen and oxygen atoms in total. The van der Waals surface area contributed by atoms with Gasteiger partial charge in [0.25, 0.3) is 0 Å². The monoisotopic (exact) mass is 479 g/mol. The van der Waals surface area contributed by atoms with Crippen LogP contribution < -0.4 is 5.32 Å². The van der Waals surface area contributed by atoms with E-state index in [4.69, 9.17) is 18.9 Å². The molecule has 35 heavy (non-hydrogen) atoms. The van der Waals surface area contributed by atoms with Crippen LogP contribution in [0.1, 0.15) is 36.6 Å². The first kappa shape index (κ1) is 25.7. The van der Waals surface area contributed by atoms with E-state index in [0.717, 1.165) is 18.7 Å². The summed E-state index contributed by atoms with van der Waals surface area (Å²) in [5, 5.41) is 3.45. The van der Waals surface area contributed by atoms with Crippen molar-refractivity contribution in [2.45, 2.75) is 25.4 Å². The maximum atomic E-state index is 6.16. The molecule has 1 saturated heterocycles. The van der Waals surface area contributed by atoms with Crippen molar-refractivity contribution < 1.29 is 23.5 Å². The van der Waals surface area contributed by atoms with Gasteiger partial charge in [-0.05, 0) is 31.1 Å². The van der Waals surface area contributed by atoms with Gasteiger partial charge >= 0.3 is 0 Å². The lowest BCUT2D eigenvalue weighted by atomic mass is 9.81. The fraction of sp³-hybridized carbons (Fsp3) is 0.483. The van der Waals surface area contributed by atoms with Gasteiger partial charge < -0.3 is 24.3 Å². The number of hydrogen-bond acceptors (Lipinski definition) is 5. The molecule has 0 saturated carbocycles. The van der Waals surface area contributed by atoms with Gasteiger partial charge in [-0.1, -0.05) is 42.5 Å². The highest BCUT2D eigenvalue weighted by Crippen LogP contribution is 2.39. The van der Waals surface area contributed by atoms with Crippen molar-refractivity contribution in [1.29, 1.82) is 0 Å². The molecule has 2 aromatic rings. The van der Waals surface area contributed by atoms with Gasteiger partial charge in [-0.3, -0.25) is 0 Å². The summed E-state index contributed by atoms with van der Waals surface area (Å²) in [6.07, 6.45) is 4.41. The molecule has 0 radical (unpaired) electrons. The van der Waals surface area contributed by atoms with Crippen LogP contribution in [0.2, 0.25) is 0 Å². The van der Waals surface area contributed by atoms with Crippen molar-refractivity contribution in [3.63, 3.8) is 0 Å². The Bertz CT molecular complexity index is 998. The molecule has 0 aromatic heterocycles. The number of hydrogen-bond donors (Lipinski definition) is 1. The molecule has 1 unspecified atom stereocenters. The Labute approximate surface area is 209 Å². The van der Waals surface area contributed by atoms with Crippen molar-refractivity contribution in [3.05, 3.63) is 71.3 Å². The molecule has 0 bridgehead atoms. The lowest BCUT2D eigenvalue weighted by molar-refractivity contribution is -0.401. The lowest BCUT2D eigenvalue weighted by Gasteiger charge is -2.19. The number of benzene rings is 2. The summed E-state index contributed by atoms with van der Waals surface area (Å²) in [7, 11) is 2.15. The van der Waals surface area contributed by atoms with E-state index in [9.17, 15) is 0 Å². The number of fused-ring (bicyclic) bond motifs is 1. The van der Waals surface area contributed by atoms with Gasteiger partial charge in [0.2, 0.25) is 5.69 Å². The number of para-hydroxylation sites is 1. The summed E-state index contributed by atoms with van der Waals surface area (Å²) in [5.74, 6) is 0. The summed E-state index contributed by atoms with van der Waals surface area (Å²) in [6.45, 7) is 10.2. The zero-order valence-corrected chi connectivity index (χ0v) is 21.3. The molecule has 0 aliphatic carbocycles. The van der Waals surface area contributed by atoms with Gasteiger partial charge in [-0.25, -0.2) is 0 Å². The highest BCUT2D eigenvalue weighted by atomic mass is 16.6. The van der Waals surface area contributed by atoms with Gasteiger partial charge in [-0.2, -0.15) is 4.58 Å². The van der Waals surface area contributed by atoms with E-state index < -0.39 is 0 Å². The first-order valence-electron chi connectivity index (χ1n) is 12.6. The van der Waals surface area contributed by atoms with E-state index in [0.29, 0.717) is 46.2 Å². The van der Waals surface area contributed by atoms with Crippen molar-refractivity contribution in [2.75, 3.05) is 66.4 Å². The third-order valence-electron chi connectivity index (χ3n) is 6.73. The minimum absolute atomic E-state index is 0.0240. The van der Waals surface area contributed by atoms with Crippen molar-refractivity contribution in [2.24, 2.45) is 0 Å². The maximum absolute atomic E-state index is 6.16. The predicted molar refractivity (Wildman–Crippen MR) is 140 cm³/mol. The fourth-order valence-electron chi connectivity index (χ4n) is 4.74. The van der Waals surface area contributed by atoms with Crippen molar-refractivity contribution >= 4 is 17.5 Å². The fourth-order valence-corrected chi connectivity index (χ4v) is 4.74. The summed E-state index contributed by atoms with van der Waals surface area (Å²) in [6, 6.07) is 17.3. The van der Waals surface area contributed by atoms with Crippen LogP contribution in [0.25, 0.3) is 6.08 Å². The second kappa shape index (κ2) is 12.6. The Morgan fingerprint density at radius 3 is 2.20 bits per heavy atom. The normalized spacial score (nSPS) is 22.5. The van der Waals surface area contributed by atoms with E-state index in [1.165, 1.54) is 22.5 Å². The minimum Gasteiger partial charge on any atom is -0.378 e. The molecule has 2 aromatic carbocycles. The van der Waals surface area contributed by atoms with Crippen LogP contribution in [-0.4, -0.2) is 76.7 Å². The van der Waals surface area contributed by atoms with Crippen LogP contribution in [0.15, 0.2) is 54.6 Å². The quantitative estimate of drug-likeness (QED) is 0.672. The molecule has 6 heteroatoms. The average molecular weight is 480 g/mol. The molecular formula is C29H39N2O4+. The summed E-state index contributed by atoms with van der Waals surface area (Å²) in [5.41, 5.74) is 6.25. The highest BCUT2D eigenvalue weighted by molar-refractivity contribution is 6.05. The van der Waals surface area contributed by atoms with E-state index in [1.807, 2.05) is 0 Å². The van der Waals surface area contributed by atoms with Crippen molar-refractivity contribution in [3.8, 4) is 0 Å². The molecule has 1 fully saturated rings. The standard InChI is InChI=1S/C29H39N2O4/c1-29(2)25-6-4-5-7-26(25)31(3)28(29)13-10-23-8-11-24(12-9-23)27-22-30-14-15-32-16-17-33-18-19-34-20-21-35-27/h4-13,27,30H,14-22H2,1-3H3/q+1/b13-10+. The van der Waals surface area contributed by atoms with E-state index in [2.05, 4.69) is 91.5 Å². The number of allylic oxidation sites excluding steroid dienone is 1. The van der Waals surface area contributed by atoms with Gasteiger partial charge in [0, 0.05) is 30.8 Å². The Kier molecular flexibility index (Phi) is 9.24. The largest absolute Gasteiger partial charge is 0.378 e. The van der Waals surface area contributed by atoms with E-state index in [-0.39, 0.29) is 11.5 Å². The molecule has 1 N–H and O–H groups in total. The molecular weight excluding hydrogens is 440 g/mol. The second-order valence-electron chi connectivity index (χ2n) is 9.49. The smallest absolute Gasteiger partial charge is 0.209 e. The van der Waals surface area contributed by atoms with Crippen LogP contribution in [0.3, 0.4) is 0 Å². The zero-order chi connectivity index (χ0) is 24.5. The predicted octanol–water partition coefficient (Wildman–Crippen LogP) is 4.12. The van der Waals surface area contributed by atoms with Crippen LogP contribution in [0.5, 0.6) is 0 Å². The van der Waals surface area contributed by atoms with Crippen LogP contribution in [-0.2, 0) is 24.4 Å². The third-order valence-corrected chi connectivity index (χ3v) is 6.73. The van der Waals surface area contributed by atoms with Gasteiger partial charge in [0.15, 0.2) is 5.71 Å². The molecule has 0 amide bonds. The molecule has 2 heterocycles. The lowest BCUT2D eigenvalue weighted by Crippen LogP contribution is -2.27. The Hall–Kier alpha value is -2.35. The first-order chi connectivity index (χ1) is 17.1. The molecule has 2 aliphatic heterocycles. The van der Waals surface area contributed by atoms with Gasteiger partial charge in [-0.15, -0.1) is 0 Å². The number of rotatable bonds is 3. The van der Waals surface area contributed by atoms with Gasteiger partial charge in [0.1, 0.15) is 7.05 Å². The molecule has 4 rings (SSSR count). The van der Waals surface area contributed by atoms with Crippen LogP contribution >= 0.6 is 0 Å². The van der Waals surface area contributed by atoms with E-state index in [1.54, 1.807) is 0 Å². The highest BCUT2D eigenvalue weighted by Gasteiger charge is 2.42. The Morgan fingerprint density at radius 1 is 0.829 bits per heavy atom. The third kappa shape index (κ3) is 6.66. The van der Waals surface area contributed by atoms with Crippen molar-refractivity contribution in [1.82, 2.24) is 5.32 Å². The zero-order valence-electron chi connectivity index (χ0n) is 21.3. The van der Waals surface area contributed by atoms with Crippen LogP contribution in [0.4, 0.5) is 5.69 Å². The van der Waals surface area contributed by atoms with Crippen LogP contribution in [0, 0.1) is 0 Å². The molecule has 0 spiro atoms. The number of nitrogens with one attached hydrogen (secondary N) is 1. The first-order valence-corrected chi connectivity index (χ1v) is 12.6. The molecule has 1 atom stereocenters. The number of nitrogens with zero attached hydrogens (tertiary/aromatic N) is 1. The molecule has 188 valence electrons. The van der Waals surface area contributed by atoms with Gasteiger partial charge in [0.05, 0.1) is 57.8 Å². The second-order valence-corrected chi connectivity index (χ2v) is 9.49. The summed E-state index contributed by atoms with van der Waals surface area (Å²) >= 11 is 0. The minimum atomic E-state index is -0.0400. The summed E-state index contributed by atoms with van der Waals surface area (Å²) in [4.78, 5) is 0. The average Bonchev–Trinajstić information content (AvgIpc) is 3.06. The topological polar surface area (TPSA) is 52.0 Å². The maximum Gasteiger partial charge on any atom is 0.209 e. The summed E-state index contributed by atoms with van der Waals surface area (Å²) < 4.78 is 25.2. The SMILES string of the molecule is C[N+]1=C(/C=C/c2ccc(C3CNCCOCCOCCOCCO3)cc2)C(C)(C)c2ccccc21. The Morgan fingerprint density at radius 2 is 1.49 bits per heavy atom. The van der Waals surface area contributed by atoms with E-state index >= 15 is 0 Å².